The van der Waals surface area contributed by atoms with Gasteiger partial charge in [-0.05, 0) is 66.5 Å². The summed E-state index contributed by atoms with van der Waals surface area (Å²) in [7, 11) is 0. The monoisotopic (exact) mass is 412 g/mol. The number of benzene rings is 2. The third-order valence-corrected chi connectivity index (χ3v) is 5.77. The lowest BCUT2D eigenvalue weighted by Gasteiger charge is -2.33. The van der Waals surface area contributed by atoms with Gasteiger partial charge in [-0.3, -0.25) is 0 Å². The molecule has 0 spiro atoms. The highest BCUT2D eigenvalue weighted by Gasteiger charge is 2.31. The Morgan fingerprint density at radius 1 is 1.03 bits per heavy atom. The van der Waals surface area contributed by atoms with Crippen molar-refractivity contribution in [1.82, 2.24) is 0 Å². The van der Waals surface area contributed by atoms with Crippen molar-refractivity contribution in [2.24, 2.45) is 0 Å². The maximum absolute atomic E-state index is 10.2. The summed E-state index contributed by atoms with van der Waals surface area (Å²) in [5.74, 6) is 1.58. The first-order valence-electron chi connectivity index (χ1n) is 11.4. The van der Waals surface area contributed by atoms with E-state index in [4.69, 9.17) is 9.47 Å². The van der Waals surface area contributed by atoms with Crippen molar-refractivity contribution >= 4 is 0 Å². The predicted molar refractivity (Wildman–Crippen MR) is 120 cm³/mol. The molecule has 164 valence electrons. The van der Waals surface area contributed by atoms with E-state index in [1.165, 1.54) is 29.5 Å². The summed E-state index contributed by atoms with van der Waals surface area (Å²) in [5.41, 5.74) is 5.14. The van der Waals surface area contributed by atoms with Crippen molar-refractivity contribution in [3.63, 3.8) is 0 Å². The van der Waals surface area contributed by atoms with E-state index in [1.54, 1.807) is 0 Å². The van der Waals surface area contributed by atoms with Crippen molar-refractivity contribution in [3.8, 4) is 5.75 Å². The summed E-state index contributed by atoms with van der Waals surface area (Å²) in [6, 6.07) is 15.0. The lowest BCUT2D eigenvalue weighted by Crippen LogP contribution is -2.33. The number of hydrogen-bond acceptors (Lipinski definition) is 4. The molecule has 2 aromatic carbocycles. The first-order valence-corrected chi connectivity index (χ1v) is 11.4. The third kappa shape index (κ3) is 5.84. The number of hydrogen-bond donors (Lipinski definition) is 2. The average Bonchev–Trinajstić information content (AvgIpc) is 3.61. The second kappa shape index (κ2) is 10.9. The topological polar surface area (TPSA) is 58.9 Å². The van der Waals surface area contributed by atoms with Gasteiger partial charge in [0, 0.05) is 12.8 Å². The predicted octanol–water partition coefficient (Wildman–Crippen LogP) is 5.15. The lowest BCUT2D eigenvalue weighted by atomic mass is 9.90. The summed E-state index contributed by atoms with van der Waals surface area (Å²) in [5, 5.41) is 19.6. The minimum atomic E-state index is -0.423. The highest BCUT2D eigenvalue weighted by atomic mass is 16.5. The molecule has 0 bridgehead atoms. The van der Waals surface area contributed by atoms with Gasteiger partial charge in [-0.2, -0.15) is 0 Å². The molecule has 3 atom stereocenters. The fraction of sp³-hybridized carbons (Fsp3) is 0.538. The normalized spacial score (nSPS) is 23.4. The summed E-state index contributed by atoms with van der Waals surface area (Å²) in [4.78, 5) is 0. The van der Waals surface area contributed by atoms with Crippen LogP contribution in [0.25, 0.3) is 0 Å². The second-order valence-electron chi connectivity index (χ2n) is 8.04. The molecule has 1 aliphatic carbocycles. The number of aliphatic hydroxyl groups is 2. The molecule has 0 amide bonds. The molecule has 2 aliphatic rings. The van der Waals surface area contributed by atoms with Gasteiger partial charge in [0.25, 0.3) is 0 Å². The molecule has 4 nitrogen and oxygen atoms in total. The molecule has 1 saturated heterocycles. The zero-order valence-electron chi connectivity index (χ0n) is 18.5. The van der Waals surface area contributed by atoms with E-state index in [2.05, 4.69) is 30.3 Å². The largest absolute Gasteiger partial charge is 0.494 e. The van der Waals surface area contributed by atoms with E-state index in [1.807, 2.05) is 32.9 Å². The number of rotatable bonds is 7. The van der Waals surface area contributed by atoms with Crippen LogP contribution >= 0.6 is 0 Å². The fourth-order valence-corrected chi connectivity index (χ4v) is 4.18. The molecule has 1 aliphatic heterocycles. The highest BCUT2D eigenvalue weighted by molar-refractivity contribution is 5.41. The molecule has 0 aromatic heterocycles. The summed E-state index contributed by atoms with van der Waals surface area (Å²) in [6.07, 6.45) is 3.63. The quantitative estimate of drug-likeness (QED) is 0.660. The van der Waals surface area contributed by atoms with Crippen LogP contribution in [-0.4, -0.2) is 35.6 Å². The molecule has 0 radical (unpaired) electrons. The molecule has 1 heterocycles. The van der Waals surface area contributed by atoms with Gasteiger partial charge >= 0.3 is 0 Å². The molecular formula is C26H36O4. The Morgan fingerprint density at radius 2 is 1.77 bits per heavy atom. The van der Waals surface area contributed by atoms with E-state index >= 15 is 0 Å². The van der Waals surface area contributed by atoms with E-state index in [9.17, 15) is 10.2 Å². The van der Waals surface area contributed by atoms with Crippen molar-refractivity contribution in [2.75, 3.05) is 13.2 Å². The first kappa shape index (κ1) is 22.8. The van der Waals surface area contributed by atoms with Gasteiger partial charge in [0.05, 0.1) is 31.5 Å². The Labute approximate surface area is 180 Å². The summed E-state index contributed by atoms with van der Waals surface area (Å²) < 4.78 is 11.6. The van der Waals surface area contributed by atoms with Gasteiger partial charge in [-0.25, -0.2) is 0 Å². The smallest absolute Gasteiger partial charge is 0.119 e. The standard InChI is InChI=1S/C24H30O4.C2H6/c1-2-27-21-8-3-16(4-9-21)11-19-12-18(7-10-23(19)17-5-6-17)24-14-20(26)13-22(15-25)28-24;1-2/h3-4,7-10,12,17,20,22,24-26H,2,5-6,11,13-15H2,1H3;1-2H3/t20-,22-,24+;/m0./s1. The zero-order chi connectivity index (χ0) is 21.5. The maximum Gasteiger partial charge on any atom is 0.119 e. The van der Waals surface area contributed by atoms with Crippen LogP contribution in [0.2, 0.25) is 0 Å². The van der Waals surface area contributed by atoms with Crippen LogP contribution in [0.5, 0.6) is 5.75 Å². The minimum Gasteiger partial charge on any atom is -0.494 e. The maximum atomic E-state index is 10.2. The molecule has 4 rings (SSSR count). The van der Waals surface area contributed by atoms with Gasteiger partial charge in [0.2, 0.25) is 0 Å². The van der Waals surface area contributed by atoms with Crippen LogP contribution in [0.4, 0.5) is 0 Å². The third-order valence-electron chi connectivity index (χ3n) is 5.77. The molecule has 2 aromatic rings. The first-order chi connectivity index (χ1) is 14.7. The van der Waals surface area contributed by atoms with E-state index in [0.29, 0.717) is 25.4 Å². The number of aliphatic hydroxyl groups excluding tert-OH is 2. The van der Waals surface area contributed by atoms with Crippen molar-refractivity contribution in [1.29, 1.82) is 0 Å². The summed E-state index contributed by atoms with van der Waals surface area (Å²) in [6.45, 7) is 6.62. The lowest BCUT2D eigenvalue weighted by molar-refractivity contribution is -0.113. The van der Waals surface area contributed by atoms with Gasteiger partial charge in [0.1, 0.15) is 5.75 Å². The molecule has 0 unspecified atom stereocenters. The summed E-state index contributed by atoms with van der Waals surface area (Å²) >= 11 is 0. The van der Waals surface area contributed by atoms with Gasteiger partial charge in [0.15, 0.2) is 0 Å². The van der Waals surface area contributed by atoms with Crippen LogP contribution < -0.4 is 4.74 Å². The van der Waals surface area contributed by atoms with Gasteiger partial charge in [-0.1, -0.05) is 44.2 Å². The highest BCUT2D eigenvalue weighted by Crippen LogP contribution is 2.43. The Hall–Kier alpha value is -1.88. The fourth-order valence-electron chi connectivity index (χ4n) is 4.18. The van der Waals surface area contributed by atoms with Crippen LogP contribution in [0.3, 0.4) is 0 Å². The van der Waals surface area contributed by atoms with Gasteiger partial charge in [-0.15, -0.1) is 0 Å². The minimum absolute atomic E-state index is 0.0489. The molecular weight excluding hydrogens is 376 g/mol. The van der Waals surface area contributed by atoms with Crippen LogP contribution in [0.1, 0.15) is 80.7 Å². The Kier molecular flexibility index (Phi) is 8.32. The second-order valence-corrected chi connectivity index (χ2v) is 8.04. The molecule has 2 fully saturated rings. The SMILES string of the molecule is CC.CCOc1ccc(Cc2cc([C@H]3C[C@@H](O)C[C@@H](CO)O3)ccc2C2CC2)cc1. The van der Waals surface area contributed by atoms with Crippen molar-refractivity contribution in [3.05, 3.63) is 64.7 Å². The van der Waals surface area contributed by atoms with Crippen LogP contribution in [0, 0.1) is 0 Å². The van der Waals surface area contributed by atoms with Crippen LogP contribution in [-0.2, 0) is 11.2 Å². The average molecular weight is 413 g/mol. The Bertz CT molecular complexity index is 782. The Morgan fingerprint density at radius 3 is 2.40 bits per heavy atom. The molecule has 30 heavy (non-hydrogen) atoms. The number of ether oxygens (including phenoxy) is 2. The van der Waals surface area contributed by atoms with E-state index in [0.717, 1.165) is 17.7 Å². The molecule has 2 N–H and O–H groups in total. The van der Waals surface area contributed by atoms with Crippen molar-refractivity contribution < 1.29 is 19.7 Å². The Balaban J connectivity index is 0.00000124. The molecule has 4 heteroatoms. The van der Waals surface area contributed by atoms with Crippen LogP contribution in [0.15, 0.2) is 42.5 Å². The van der Waals surface area contributed by atoms with Gasteiger partial charge < -0.3 is 19.7 Å². The van der Waals surface area contributed by atoms with Crippen molar-refractivity contribution in [2.45, 2.75) is 77.1 Å². The zero-order valence-corrected chi connectivity index (χ0v) is 18.5. The van der Waals surface area contributed by atoms with E-state index < -0.39 is 6.10 Å². The van der Waals surface area contributed by atoms with E-state index in [-0.39, 0.29) is 18.8 Å². The molecule has 1 saturated carbocycles.